The molecule has 0 unspecified atom stereocenters. The maximum Gasteiger partial charge on any atom is 0.123 e. The van der Waals surface area contributed by atoms with E-state index in [9.17, 15) is 9.50 Å². The zero-order valence-electron chi connectivity index (χ0n) is 11.9. The molecule has 1 atom stereocenters. The molecule has 2 N–H and O–H groups in total. The van der Waals surface area contributed by atoms with Crippen molar-refractivity contribution in [1.82, 2.24) is 5.32 Å². The van der Waals surface area contributed by atoms with Crippen LogP contribution in [0, 0.1) is 5.82 Å². The quantitative estimate of drug-likeness (QED) is 0.888. The molecule has 2 aliphatic rings. The number of nitrogens with one attached hydrogen (secondary N) is 1. The molecule has 2 saturated heterocycles. The number of aliphatic hydroxyl groups excluding tert-OH is 1. The zero-order chi connectivity index (χ0) is 13.5. The third kappa shape index (κ3) is 2.47. The number of fused-ring (bicyclic) bond motifs is 2. The minimum absolute atomic E-state index is 0. The van der Waals surface area contributed by atoms with E-state index in [4.69, 9.17) is 0 Å². The number of rotatable bonds is 4. The smallest absolute Gasteiger partial charge is 0.123 e. The zero-order valence-corrected chi connectivity index (χ0v) is 12.7. The highest BCUT2D eigenvalue weighted by Gasteiger charge is 2.56. The van der Waals surface area contributed by atoms with E-state index >= 15 is 0 Å². The lowest BCUT2D eigenvalue weighted by molar-refractivity contribution is 0.0733. The molecule has 0 amide bonds. The Bertz CT molecular complexity index is 471. The molecule has 2 heterocycles. The van der Waals surface area contributed by atoms with Gasteiger partial charge < -0.3 is 10.4 Å². The Morgan fingerprint density at radius 2 is 2.00 bits per heavy atom. The van der Waals surface area contributed by atoms with Crippen LogP contribution in [0.1, 0.15) is 57.1 Å². The highest BCUT2D eigenvalue weighted by Crippen LogP contribution is 2.52. The lowest BCUT2D eigenvalue weighted by Crippen LogP contribution is -2.46. The summed E-state index contributed by atoms with van der Waals surface area (Å²) in [5, 5.41) is 14.4. The van der Waals surface area contributed by atoms with Gasteiger partial charge in [-0.05, 0) is 49.8 Å². The molecule has 2 bridgehead atoms. The highest BCUT2D eigenvalue weighted by molar-refractivity contribution is 5.85. The monoisotopic (exact) mass is 299 g/mol. The lowest BCUT2D eigenvalue weighted by Gasteiger charge is -2.32. The Kier molecular flexibility index (Phi) is 4.43. The predicted molar refractivity (Wildman–Crippen MR) is 80.6 cm³/mol. The fourth-order valence-electron chi connectivity index (χ4n) is 4.08. The maximum atomic E-state index is 13.3. The molecule has 0 radical (unpaired) electrons. The van der Waals surface area contributed by atoms with Crippen molar-refractivity contribution in [2.24, 2.45) is 0 Å². The third-order valence-electron chi connectivity index (χ3n) is 5.03. The van der Waals surface area contributed by atoms with Crippen molar-refractivity contribution < 1.29 is 9.50 Å². The lowest BCUT2D eigenvalue weighted by atomic mass is 9.76. The van der Waals surface area contributed by atoms with Crippen LogP contribution in [0.25, 0.3) is 0 Å². The van der Waals surface area contributed by atoms with Crippen LogP contribution in [-0.4, -0.2) is 16.2 Å². The van der Waals surface area contributed by atoms with E-state index in [1.54, 1.807) is 6.07 Å². The summed E-state index contributed by atoms with van der Waals surface area (Å²) >= 11 is 0. The van der Waals surface area contributed by atoms with Crippen LogP contribution in [-0.2, 0) is 0 Å². The van der Waals surface area contributed by atoms with Crippen LogP contribution in [0.5, 0.6) is 0 Å². The third-order valence-corrected chi connectivity index (χ3v) is 5.03. The Morgan fingerprint density at radius 1 is 1.30 bits per heavy atom. The van der Waals surface area contributed by atoms with Crippen LogP contribution in [0.4, 0.5) is 4.39 Å². The molecule has 4 heteroatoms. The first-order chi connectivity index (χ1) is 9.09. The maximum absolute atomic E-state index is 13.3. The topological polar surface area (TPSA) is 32.3 Å². The summed E-state index contributed by atoms with van der Waals surface area (Å²) in [5.74, 6) is -0.274. The van der Waals surface area contributed by atoms with Crippen molar-refractivity contribution in [2.75, 3.05) is 0 Å². The molecule has 0 aliphatic carbocycles. The van der Waals surface area contributed by atoms with Crippen LogP contribution in [0.2, 0.25) is 0 Å². The van der Waals surface area contributed by atoms with Gasteiger partial charge in [0.15, 0.2) is 0 Å². The van der Waals surface area contributed by atoms with Crippen molar-refractivity contribution in [3.05, 3.63) is 35.6 Å². The summed E-state index contributed by atoms with van der Waals surface area (Å²) in [5.41, 5.74) is 0.688. The van der Waals surface area contributed by atoms with Crippen molar-refractivity contribution in [3.8, 4) is 0 Å². The van der Waals surface area contributed by atoms with Crippen LogP contribution < -0.4 is 5.32 Å². The molecule has 2 fully saturated rings. The fourth-order valence-corrected chi connectivity index (χ4v) is 4.08. The molecule has 1 aromatic rings. The van der Waals surface area contributed by atoms with Crippen molar-refractivity contribution in [2.45, 2.75) is 62.6 Å². The first kappa shape index (κ1) is 15.7. The summed E-state index contributed by atoms with van der Waals surface area (Å²) in [7, 11) is 0. The second-order valence-electron chi connectivity index (χ2n) is 6.27. The predicted octanol–water partition coefficient (Wildman–Crippen LogP) is 3.74. The molecule has 0 aromatic heterocycles. The number of aliphatic hydroxyl groups is 1. The van der Waals surface area contributed by atoms with Gasteiger partial charge in [-0.25, -0.2) is 4.39 Å². The molecule has 0 saturated carbocycles. The molecule has 1 aromatic carbocycles. The van der Waals surface area contributed by atoms with E-state index in [1.807, 2.05) is 6.07 Å². The average Bonchev–Trinajstić information content (AvgIpc) is 2.95. The summed E-state index contributed by atoms with van der Waals surface area (Å²) in [6.07, 6.45) is 5.98. The van der Waals surface area contributed by atoms with E-state index in [-0.39, 0.29) is 29.3 Å². The van der Waals surface area contributed by atoms with Gasteiger partial charge in [-0.15, -0.1) is 12.4 Å². The number of benzene rings is 1. The Balaban J connectivity index is 0.00000147. The molecule has 2 aliphatic heterocycles. The second-order valence-corrected chi connectivity index (χ2v) is 6.27. The van der Waals surface area contributed by atoms with E-state index in [0.29, 0.717) is 5.56 Å². The largest absolute Gasteiger partial charge is 0.386 e. The molecule has 20 heavy (non-hydrogen) atoms. The minimum Gasteiger partial charge on any atom is -0.386 e. The van der Waals surface area contributed by atoms with E-state index < -0.39 is 6.10 Å². The van der Waals surface area contributed by atoms with Gasteiger partial charge in [-0.2, -0.15) is 0 Å². The molecular weight excluding hydrogens is 277 g/mol. The standard InChI is InChI=1S/C16H22FNO.ClH/c1-2-6-15-7-9-16(18-15,10-8-15)14(19)12-4-3-5-13(17)11-12;/h3-5,11,14,18-19H,2,6-10H2,1H3;1H/t14-,15?,16?;/m0./s1. The minimum atomic E-state index is -0.607. The first-order valence-electron chi connectivity index (χ1n) is 7.32. The molecular formula is C16H23ClFNO. The summed E-state index contributed by atoms with van der Waals surface area (Å²) < 4.78 is 13.3. The highest BCUT2D eigenvalue weighted by atomic mass is 35.5. The Hall–Kier alpha value is -0.640. The molecule has 3 rings (SSSR count). The summed E-state index contributed by atoms with van der Waals surface area (Å²) in [6, 6.07) is 6.38. The van der Waals surface area contributed by atoms with Gasteiger partial charge >= 0.3 is 0 Å². The Morgan fingerprint density at radius 3 is 2.60 bits per heavy atom. The van der Waals surface area contributed by atoms with Crippen molar-refractivity contribution in [1.29, 1.82) is 0 Å². The van der Waals surface area contributed by atoms with Gasteiger partial charge in [0.05, 0.1) is 6.10 Å². The first-order valence-corrected chi connectivity index (χ1v) is 7.32. The van der Waals surface area contributed by atoms with E-state index in [2.05, 4.69) is 12.2 Å². The molecule has 112 valence electrons. The van der Waals surface area contributed by atoms with Gasteiger partial charge in [0, 0.05) is 11.1 Å². The van der Waals surface area contributed by atoms with Gasteiger partial charge in [0.2, 0.25) is 0 Å². The average molecular weight is 300 g/mol. The van der Waals surface area contributed by atoms with Crippen LogP contribution >= 0.6 is 12.4 Å². The number of hydrogen-bond acceptors (Lipinski definition) is 2. The van der Waals surface area contributed by atoms with E-state index in [0.717, 1.165) is 25.7 Å². The summed E-state index contributed by atoms with van der Waals surface area (Å²) in [6.45, 7) is 2.21. The fraction of sp³-hybridized carbons (Fsp3) is 0.625. The van der Waals surface area contributed by atoms with E-state index in [1.165, 1.54) is 25.0 Å². The van der Waals surface area contributed by atoms with Crippen LogP contribution in [0.3, 0.4) is 0 Å². The Labute approximate surface area is 126 Å². The van der Waals surface area contributed by atoms with Gasteiger partial charge in [0.25, 0.3) is 0 Å². The van der Waals surface area contributed by atoms with Gasteiger partial charge in [-0.3, -0.25) is 0 Å². The SMILES string of the molecule is CCCC12CCC([C@@H](O)c3cccc(F)c3)(CC1)N2.Cl. The van der Waals surface area contributed by atoms with Crippen molar-refractivity contribution >= 4 is 12.4 Å². The van der Waals surface area contributed by atoms with Crippen LogP contribution in [0.15, 0.2) is 24.3 Å². The van der Waals surface area contributed by atoms with Gasteiger partial charge in [-0.1, -0.05) is 25.5 Å². The summed E-state index contributed by atoms with van der Waals surface area (Å²) in [4.78, 5) is 0. The van der Waals surface area contributed by atoms with Crippen molar-refractivity contribution in [3.63, 3.8) is 0 Å². The number of hydrogen-bond donors (Lipinski definition) is 2. The molecule has 0 spiro atoms. The second kappa shape index (κ2) is 5.63. The van der Waals surface area contributed by atoms with Gasteiger partial charge in [0.1, 0.15) is 5.82 Å². The number of halogens is 2. The normalized spacial score (nSPS) is 33.0. The molecule has 2 nitrogen and oxygen atoms in total.